The second kappa shape index (κ2) is 5.61. The lowest BCUT2D eigenvalue weighted by Crippen LogP contribution is -2.01. The number of halogens is 3. The standard InChI is InChI=1S/C12H9Br2FOS/c13-9-3-1-7(5-10(9)15)11(16)6-8-2-4-12(14)17-8/h1-5,11,16H,6H2. The first-order valence-electron chi connectivity index (χ1n) is 4.93. The summed E-state index contributed by atoms with van der Waals surface area (Å²) in [6, 6.07) is 8.58. The molecular weight excluding hydrogens is 371 g/mol. The van der Waals surface area contributed by atoms with Crippen LogP contribution in [-0.4, -0.2) is 5.11 Å². The summed E-state index contributed by atoms with van der Waals surface area (Å²) in [5.41, 5.74) is 0.593. The number of aliphatic hydroxyl groups is 1. The van der Waals surface area contributed by atoms with Crippen molar-refractivity contribution in [2.24, 2.45) is 0 Å². The summed E-state index contributed by atoms with van der Waals surface area (Å²) in [5.74, 6) is -0.353. The van der Waals surface area contributed by atoms with Crippen LogP contribution < -0.4 is 0 Å². The van der Waals surface area contributed by atoms with Gasteiger partial charge in [-0.15, -0.1) is 11.3 Å². The van der Waals surface area contributed by atoms with Gasteiger partial charge in [0.15, 0.2) is 0 Å². The van der Waals surface area contributed by atoms with E-state index in [9.17, 15) is 9.50 Å². The smallest absolute Gasteiger partial charge is 0.137 e. The summed E-state index contributed by atoms with van der Waals surface area (Å²) < 4.78 is 14.8. The Morgan fingerprint density at radius 2 is 2.00 bits per heavy atom. The van der Waals surface area contributed by atoms with Gasteiger partial charge in [0, 0.05) is 11.3 Å². The van der Waals surface area contributed by atoms with Crippen molar-refractivity contribution >= 4 is 43.2 Å². The molecule has 5 heteroatoms. The van der Waals surface area contributed by atoms with Gasteiger partial charge in [0.25, 0.3) is 0 Å². The van der Waals surface area contributed by atoms with Crippen LogP contribution in [0.5, 0.6) is 0 Å². The van der Waals surface area contributed by atoms with E-state index in [1.165, 1.54) is 6.07 Å². The molecule has 1 aromatic heterocycles. The predicted octanol–water partition coefficient (Wildman–Crippen LogP) is 4.69. The van der Waals surface area contributed by atoms with Gasteiger partial charge in [-0.2, -0.15) is 0 Å². The third-order valence-corrected chi connectivity index (χ3v) is 4.64. The Balaban J connectivity index is 2.14. The zero-order valence-electron chi connectivity index (χ0n) is 8.66. The summed E-state index contributed by atoms with van der Waals surface area (Å²) in [6.45, 7) is 0. The van der Waals surface area contributed by atoms with E-state index < -0.39 is 6.10 Å². The largest absolute Gasteiger partial charge is 0.388 e. The number of benzene rings is 1. The minimum atomic E-state index is -0.678. The summed E-state index contributed by atoms with van der Waals surface area (Å²) in [6.07, 6.45) is -0.180. The first-order chi connectivity index (χ1) is 8.06. The molecule has 0 saturated heterocycles. The highest BCUT2D eigenvalue weighted by Gasteiger charge is 2.12. The van der Waals surface area contributed by atoms with Crippen molar-refractivity contribution in [3.05, 3.63) is 54.8 Å². The third kappa shape index (κ3) is 3.37. The summed E-state index contributed by atoms with van der Waals surface area (Å²) >= 11 is 8.03. The van der Waals surface area contributed by atoms with E-state index in [0.717, 1.165) is 8.66 Å². The fraction of sp³-hybridized carbons (Fsp3) is 0.167. The lowest BCUT2D eigenvalue weighted by Gasteiger charge is -2.10. The average Bonchev–Trinajstić information content (AvgIpc) is 2.68. The Labute approximate surface area is 120 Å². The Morgan fingerprint density at radius 3 is 2.59 bits per heavy atom. The maximum atomic E-state index is 13.3. The molecule has 0 bridgehead atoms. The topological polar surface area (TPSA) is 20.2 Å². The first-order valence-corrected chi connectivity index (χ1v) is 7.34. The van der Waals surface area contributed by atoms with E-state index >= 15 is 0 Å². The van der Waals surface area contributed by atoms with Crippen molar-refractivity contribution in [1.82, 2.24) is 0 Å². The third-order valence-electron chi connectivity index (χ3n) is 2.35. The highest BCUT2D eigenvalue weighted by Crippen LogP contribution is 2.28. The van der Waals surface area contributed by atoms with Gasteiger partial charge in [-0.25, -0.2) is 4.39 Å². The molecule has 1 N–H and O–H groups in total. The Kier molecular flexibility index (Phi) is 4.36. The quantitative estimate of drug-likeness (QED) is 0.820. The average molecular weight is 380 g/mol. The molecule has 1 nitrogen and oxygen atoms in total. The lowest BCUT2D eigenvalue weighted by atomic mass is 10.1. The van der Waals surface area contributed by atoms with Gasteiger partial charge in [-0.1, -0.05) is 6.07 Å². The van der Waals surface area contributed by atoms with Gasteiger partial charge >= 0.3 is 0 Å². The van der Waals surface area contributed by atoms with Crippen molar-refractivity contribution in [3.63, 3.8) is 0 Å². The maximum absolute atomic E-state index is 13.3. The van der Waals surface area contributed by atoms with E-state index in [-0.39, 0.29) is 5.82 Å². The van der Waals surface area contributed by atoms with Gasteiger partial charge in [0.05, 0.1) is 14.4 Å². The fourth-order valence-electron chi connectivity index (χ4n) is 1.49. The van der Waals surface area contributed by atoms with Crippen molar-refractivity contribution in [2.45, 2.75) is 12.5 Å². The van der Waals surface area contributed by atoms with Crippen LogP contribution in [0.1, 0.15) is 16.5 Å². The normalized spacial score (nSPS) is 12.7. The van der Waals surface area contributed by atoms with E-state index in [1.807, 2.05) is 12.1 Å². The van der Waals surface area contributed by atoms with Gasteiger partial charge < -0.3 is 5.11 Å². The molecule has 1 atom stereocenters. The fourth-order valence-corrected chi connectivity index (χ4v) is 3.26. The van der Waals surface area contributed by atoms with Crippen molar-refractivity contribution < 1.29 is 9.50 Å². The zero-order chi connectivity index (χ0) is 12.4. The van der Waals surface area contributed by atoms with Crippen LogP contribution in [-0.2, 0) is 6.42 Å². The van der Waals surface area contributed by atoms with Gasteiger partial charge in [-0.05, 0) is 61.7 Å². The van der Waals surface area contributed by atoms with Crippen LogP contribution in [0.25, 0.3) is 0 Å². The van der Waals surface area contributed by atoms with Gasteiger partial charge in [-0.3, -0.25) is 0 Å². The number of thiophene rings is 1. The van der Waals surface area contributed by atoms with E-state index in [2.05, 4.69) is 31.9 Å². The van der Waals surface area contributed by atoms with Crippen LogP contribution >= 0.6 is 43.2 Å². The van der Waals surface area contributed by atoms with Crippen LogP contribution in [0.15, 0.2) is 38.6 Å². The van der Waals surface area contributed by atoms with E-state index in [1.54, 1.807) is 23.5 Å². The maximum Gasteiger partial charge on any atom is 0.137 e. The van der Waals surface area contributed by atoms with Crippen molar-refractivity contribution in [3.8, 4) is 0 Å². The molecule has 0 spiro atoms. The lowest BCUT2D eigenvalue weighted by molar-refractivity contribution is 0.179. The number of aliphatic hydroxyl groups excluding tert-OH is 1. The minimum Gasteiger partial charge on any atom is -0.388 e. The highest BCUT2D eigenvalue weighted by atomic mass is 79.9. The molecule has 1 unspecified atom stereocenters. The Morgan fingerprint density at radius 1 is 1.24 bits per heavy atom. The summed E-state index contributed by atoms with van der Waals surface area (Å²) in [5, 5.41) is 10.0. The van der Waals surface area contributed by atoms with E-state index in [4.69, 9.17) is 0 Å². The molecule has 90 valence electrons. The zero-order valence-corrected chi connectivity index (χ0v) is 12.6. The molecule has 0 aliphatic carbocycles. The van der Waals surface area contributed by atoms with Crippen LogP contribution in [0.3, 0.4) is 0 Å². The number of hydrogen-bond donors (Lipinski definition) is 1. The second-order valence-corrected chi connectivity index (χ2v) is 7.00. The molecular formula is C12H9Br2FOS. The summed E-state index contributed by atoms with van der Waals surface area (Å²) in [7, 11) is 0. The molecule has 0 fully saturated rings. The van der Waals surface area contributed by atoms with Crippen LogP contribution in [0.4, 0.5) is 4.39 Å². The van der Waals surface area contributed by atoms with E-state index in [0.29, 0.717) is 16.5 Å². The molecule has 1 aromatic carbocycles. The molecule has 2 aromatic rings. The van der Waals surface area contributed by atoms with Crippen molar-refractivity contribution in [2.75, 3.05) is 0 Å². The number of rotatable bonds is 3. The molecule has 0 aliphatic rings. The predicted molar refractivity (Wildman–Crippen MR) is 74.8 cm³/mol. The molecule has 0 saturated carbocycles. The van der Waals surface area contributed by atoms with Crippen LogP contribution in [0.2, 0.25) is 0 Å². The molecule has 1 heterocycles. The summed E-state index contributed by atoms with van der Waals surface area (Å²) in [4.78, 5) is 1.06. The van der Waals surface area contributed by atoms with Gasteiger partial charge in [0.2, 0.25) is 0 Å². The minimum absolute atomic E-state index is 0.353. The molecule has 0 amide bonds. The molecule has 17 heavy (non-hydrogen) atoms. The van der Waals surface area contributed by atoms with Crippen molar-refractivity contribution in [1.29, 1.82) is 0 Å². The monoisotopic (exact) mass is 378 g/mol. The second-order valence-electron chi connectivity index (χ2n) is 3.60. The molecule has 0 aliphatic heterocycles. The molecule has 2 rings (SSSR count). The Bertz CT molecular complexity index is 527. The van der Waals surface area contributed by atoms with Crippen LogP contribution in [0, 0.1) is 5.82 Å². The van der Waals surface area contributed by atoms with Gasteiger partial charge in [0.1, 0.15) is 5.82 Å². The molecule has 0 radical (unpaired) electrons. The highest BCUT2D eigenvalue weighted by molar-refractivity contribution is 9.11. The Hall–Kier alpha value is -0.230. The number of hydrogen-bond acceptors (Lipinski definition) is 2. The first kappa shape index (κ1) is 13.2. The SMILES string of the molecule is OC(Cc1ccc(Br)s1)c1ccc(Br)c(F)c1.